The van der Waals surface area contributed by atoms with Gasteiger partial charge in [0.15, 0.2) is 0 Å². The summed E-state index contributed by atoms with van der Waals surface area (Å²) >= 11 is 0. The number of aliphatic hydroxyl groups excluding tert-OH is 1. The molecule has 26 heavy (non-hydrogen) atoms. The number of aliphatic hydroxyl groups is 1. The molecule has 0 aliphatic carbocycles. The van der Waals surface area contributed by atoms with Gasteiger partial charge in [0.05, 0.1) is 35.3 Å². The number of carbonyl (C=O) groups excluding carboxylic acids is 1. The van der Waals surface area contributed by atoms with E-state index in [1.165, 1.54) is 4.90 Å². The first-order valence-corrected chi connectivity index (χ1v) is 10.0. The van der Waals surface area contributed by atoms with Gasteiger partial charge in [-0.1, -0.05) is 17.7 Å². The van der Waals surface area contributed by atoms with E-state index in [0.717, 1.165) is 5.56 Å². The molecule has 1 aromatic carbocycles. The predicted molar refractivity (Wildman–Crippen MR) is 100 cm³/mol. The Morgan fingerprint density at radius 2 is 1.96 bits per heavy atom. The molecule has 6 nitrogen and oxygen atoms in total. The molecule has 1 unspecified atom stereocenters. The van der Waals surface area contributed by atoms with E-state index in [9.17, 15) is 14.1 Å². The van der Waals surface area contributed by atoms with Crippen LogP contribution in [0.1, 0.15) is 40.2 Å². The smallest absolute Gasteiger partial charge is 0.412 e. The van der Waals surface area contributed by atoms with Gasteiger partial charge >= 0.3 is 6.09 Å². The van der Waals surface area contributed by atoms with Crippen LogP contribution in [-0.4, -0.2) is 56.1 Å². The van der Waals surface area contributed by atoms with Gasteiger partial charge in [-0.3, -0.25) is 9.11 Å². The first-order valence-electron chi connectivity index (χ1n) is 8.70. The van der Waals surface area contributed by atoms with Crippen LogP contribution in [0.5, 0.6) is 0 Å². The summed E-state index contributed by atoms with van der Waals surface area (Å²) in [7, 11) is -1.37. The van der Waals surface area contributed by atoms with E-state index < -0.39 is 40.4 Å². The summed E-state index contributed by atoms with van der Waals surface area (Å²) in [6.07, 6.45) is -1.54. The Hall–Kier alpha value is -1.44. The molecule has 1 aliphatic rings. The molecule has 1 amide bonds. The van der Waals surface area contributed by atoms with Gasteiger partial charge < -0.3 is 14.6 Å². The molecule has 0 spiro atoms. The van der Waals surface area contributed by atoms with Crippen molar-refractivity contribution in [3.05, 3.63) is 29.8 Å². The fraction of sp³-hybridized carbons (Fsp3) is 0.632. The molecule has 0 bridgehead atoms. The fourth-order valence-corrected chi connectivity index (χ4v) is 4.00. The van der Waals surface area contributed by atoms with Gasteiger partial charge in [0.2, 0.25) is 0 Å². The summed E-state index contributed by atoms with van der Waals surface area (Å²) < 4.78 is 23.7. The highest BCUT2D eigenvalue weighted by Gasteiger charge is 2.48. The molecule has 2 rings (SSSR count). The Morgan fingerprint density at radius 1 is 1.38 bits per heavy atom. The van der Waals surface area contributed by atoms with E-state index in [2.05, 4.69) is 0 Å². The summed E-state index contributed by atoms with van der Waals surface area (Å²) in [5.41, 5.74) is -0.483. The van der Waals surface area contributed by atoms with Crippen LogP contribution in [0.2, 0.25) is 0 Å². The summed E-state index contributed by atoms with van der Waals surface area (Å²) in [6, 6.07) is 6.73. The summed E-state index contributed by atoms with van der Waals surface area (Å²) in [4.78, 5) is 14.7. The van der Waals surface area contributed by atoms with Crippen molar-refractivity contribution in [2.24, 2.45) is 0 Å². The van der Waals surface area contributed by atoms with Gasteiger partial charge in [0, 0.05) is 4.90 Å². The molecule has 146 valence electrons. The number of benzene rings is 1. The largest absolute Gasteiger partial charge is 0.444 e. The van der Waals surface area contributed by atoms with Gasteiger partial charge in [-0.15, -0.1) is 0 Å². The van der Waals surface area contributed by atoms with Crippen molar-refractivity contribution >= 4 is 16.9 Å². The maximum absolute atomic E-state index is 12.6. The second-order valence-electron chi connectivity index (χ2n) is 8.07. The highest BCUT2D eigenvalue weighted by Crippen LogP contribution is 2.31. The predicted octanol–water partition coefficient (Wildman–Crippen LogP) is 2.84. The third-order valence-corrected chi connectivity index (χ3v) is 5.60. The molecule has 0 saturated carbocycles. The summed E-state index contributed by atoms with van der Waals surface area (Å²) in [5, 5.41) is 10.7. The van der Waals surface area contributed by atoms with Gasteiger partial charge in [-0.05, 0) is 53.7 Å². The molecular weight excluding hydrogens is 354 g/mol. The SMILES string of the molecule is Cc1ccc(S(=O)C[C@@H](O)[C@@H]2COC(C)(C)N2C(=O)OC(C)(C)C)cc1. The van der Waals surface area contributed by atoms with Crippen molar-refractivity contribution < 1.29 is 23.6 Å². The van der Waals surface area contributed by atoms with E-state index in [1.807, 2.05) is 19.1 Å². The van der Waals surface area contributed by atoms with Crippen LogP contribution in [0.15, 0.2) is 29.2 Å². The lowest BCUT2D eigenvalue weighted by Crippen LogP contribution is -2.54. The number of hydrogen-bond donors (Lipinski definition) is 1. The molecule has 0 radical (unpaired) electrons. The number of hydrogen-bond acceptors (Lipinski definition) is 5. The number of nitrogens with zero attached hydrogens (tertiary/aromatic N) is 1. The minimum atomic E-state index is -1.37. The van der Waals surface area contributed by atoms with Crippen LogP contribution in [0, 0.1) is 6.92 Å². The van der Waals surface area contributed by atoms with E-state index >= 15 is 0 Å². The first kappa shape index (κ1) is 20.9. The van der Waals surface area contributed by atoms with Crippen molar-refractivity contribution in [3.63, 3.8) is 0 Å². The highest BCUT2D eigenvalue weighted by molar-refractivity contribution is 7.85. The van der Waals surface area contributed by atoms with Gasteiger partial charge in [0.25, 0.3) is 0 Å². The first-order chi connectivity index (χ1) is 11.9. The number of ether oxygens (including phenoxy) is 2. The van der Waals surface area contributed by atoms with Crippen molar-refractivity contribution in [2.45, 2.75) is 69.9 Å². The standard InChI is InChI=1S/C19H29NO5S/c1-13-7-9-14(10-8-13)26(23)12-16(21)15-11-24-19(5,6)20(15)17(22)25-18(2,3)4/h7-10,15-16,21H,11-12H2,1-6H3/t15-,16+,26?/m0/s1. The average Bonchev–Trinajstić information content (AvgIpc) is 2.81. The average molecular weight is 384 g/mol. The molecule has 1 aliphatic heterocycles. The van der Waals surface area contributed by atoms with Crippen LogP contribution >= 0.6 is 0 Å². The second-order valence-corrected chi connectivity index (χ2v) is 9.56. The molecule has 0 aromatic heterocycles. The van der Waals surface area contributed by atoms with Crippen molar-refractivity contribution in [1.82, 2.24) is 4.90 Å². The summed E-state index contributed by atoms with van der Waals surface area (Å²) in [5.74, 6) is 0.0203. The van der Waals surface area contributed by atoms with E-state index in [1.54, 1.807) is 46.8 Å². The van der Waals surface area contributed by atoms with Crippen molar-refractivity contribution in [1.29, 1.82) is 0 Å². The maximum Gasteiger partial charge on any atom is 0.412 e. The summed E-state index contributed by atoms with van der Waals surface area (Å²) in [6.45, 7) is 11.0. The number of rotatable bonds is 4. The Morgan fingerprint density at radius 3 is 2.50 bits per heavy atom. The lowest BCUT2D eigenvalue weighted by atomic mass is 10.1. The van der Waals surface area contributed by atoms with E-state index in [0.29, 0.717) is 4.90 Å². The highest BCUT2D eigenvalue weighted by atomic mass is 32.2. The van der Waals surface area contributed by atoms with Gasteiger partial charge in [-0.2, -0.15) is 0 Å². The molecule has 1 aromatic rings. The molecule has 1 heterocycles. The minimum absolute atomic E-state index is 0.0203. The van der Waals surface area contributed by atoms with Crippen molar-refractivity contribution in [3.8, 4) is 0 Å². The minimum Gasteiger partial charge on any atom is -0.444 e. The number of aryl methyl sites for hydroxylation is 1. The van der Waals surface area contributed by atoms with Crippen LogP contribution in [0.25, 0.3) is 0 Å². The molecule has 3 atom stereocenters. The number of carbonyl (C=O) groups is 1. The monoisotopic (exact) mass is 383 g/mol. The number of amides is 1. The molecular formula is C19H29NO5S. The molecule has 1 saturated heterocycles. The second kappa shape index (κ2) is 7.66. The molecule has 1 N–H and O–H groups in total. The lowest BCUT2D eigenvalue weighted by Gasteiger charge is -2.36. The molecule has 1 fully saturated rings. The topological polar surface area (TPSA) is 76.1 Å². The molecule has 7 heteroatoms. The maximum atomic E-state index is 12.6. The van der Waals surface area contributed by atoms with E-state index in [4.69, 9.17) is 9.47 Å². The van der Waals surface area contributed by atoms with Gasteiger partial charge in [0.1, 0.15) is 11.3 Å². The zero-order valence-corrected chi connectivity index (χ0v) is 17.1. The Kier molecular flexibility index (Phi) is 6.15. The Bertz CT molecular complexity index is 666. The Balaban J connectivity index is 2.12. The Labute approximate surface area is 157 Å². The quantitative estimate of drug-likeness (QED) is 0.865. The third kappa shape index (κ3) is 5.05. The fourth-order valence-electron chi connectivity index (χ4n) is 2.83. The zero-order chi connectivity index (χ0) is 19.7. The van der Waals surface area contributed by atoms with Crippen molar-refractivity contribution in [2.75, 3.05) is 12.4 Å². The van der Waals surface area contributed by atoms with Crippen LogP contribution in [0.3, 0.4) is 0 Å². The third-order valence-electron chi connectivity index (χ3n) is 4.16. The lowest BCUT2D eigenvalue weighted by molar-refractivity contribution is -0.0669. The van der Waals surface area contributed by atoms with Crippen LogP contribution in [-0.2, 0) is 20.3 Å². The van der Waals surface area contributed by atoms with Gasteiger partial charge in [-0.25, -0.2) is 4.79 Å². The van der Waals surface area contributed by atoms with Crippen LogP contribution < -0.4 is 0 Å². The zero-order valence-electron chi connectivity index (χ0n) is 16.3. The van der Waals surface area contributed by atoms with E-state index in [-0.39, 0.29) is 12.4 Å². The van der Waals surface area contributed by atoms with Crippen LogP contribution in [0.4, 0.5) is 4.79 Å². The normalized spacial score (nSPS) is 22.1.